The molecule has 0 saturated carbocycles. The Hall–Kier alpha value is -2.01. The van der Waals surface area contributed by atoms with Crippen molar-refractivity contribution >= 4 is 34.2 Å². The highest BCUT2D eigenvalue weighted by atomic mass is 35.5. The molecule has 0 aliphatic rings. The van der Waals surface area contributed by atoms with Crippen molar-refractivity contribution in [2.45, 2.75) is 19.2 Å². The van der Waals surface area contributed by atoms with E-state index in [1.165, 1.54) is 0 Å². The number of para-hydroxylation sites is 2. The first-order valence-electron chi connectivity index (χ1n) is 7.49. The van der Waals surface area contributed by atoms with Gasteiger partial charge in [-0.15, -0.1) is 6.58 Å². The molecule has 0 fully saturated rings. The summed E-state index contributed by atoms with van der Waals surface area (Å²) in [6, 6.07) is 12.8. The van der Waals surface area contributed by atoms with Crippen LogP contribution in [0.4, 0.5) is 0 Å². The molecule has 3 aromatic rings. The average molecular weight is 362 g/mol. The second-order valence-electron chi connectivity index (χ2n) is 5.51. The van der Waals surface area contributed by atoms with E-state index in [1.807, 2.05) is 28.8 Å². The number of allylic oxidation sites excluding steroid dienone is 1. The highest BCUT2D eigenvalue weighted by Crippen LogP contribution is 2.26. The number of nitrogens with zero attached hydrogens (tertiary/aromatic N) is 2. The first kappa shape index (κ1) is 16.8. The number of nitrogens with one attached hydrogen (secondary N) is 1. The molecule has 0 aliphatic carbocycles. The van der Waals surface area contributed by atoms with E-state index < -0.39 is 6.10 Å². The first-order chi connectivity index (χ1) is 11.5. The van der Waals surface area contributed by atoms with Gasteiger partial charge in [-0.3, -0.25) is 5.41 Å². The van der Waals surface area contributed by atoms with Crippen LogP contribution in [0, 0.1) is 5.41 Å². The Bertz CT molecular complexity index is 959. The molecule has 2 aromatic carbocycles. The Morgan fingerprint density at radius 2 is 1.75 bits per heavy atom. The third kappa shape index (κ3) is 3.00. The fourth-order valence-electron chi connectivity index (χ4n) is 2.79. The molecule has 1 atom stereocenters. The van der Waals surface area contributed by atoms with E-state index in [9.17, 15) is 5.11 Å². The average Bonchev–Trinajstić information content (AvgIpc) is 2.83. The normalized spacial score (nSPS) is 12.5. The number of hydrogen-bond acceptors (Lipinski definition) is 2. The molecule has 0 amide bonds. The van der Waals surface area contributed by atoms with Crippen molar-refractivity contribution in [3.63, 3.8) is 0 Å². The Morgan fingerprint density at radius 1 is 1.08 bits per heavy atom. The summed E-state index contributed by atoms with van der Waals surface area (Å²) in [4.78, 5) is 0. The quantitative estimate of drug-likeness (QED) is 0.659. The zero-order chi connectivity index (χ0) is 17.3. The third-order valence-electron chi connectivity index (χ3n) is 3.97. The van der Waals surface area contributed by atoms with Gasteiger partial charge in [-0.1, -0.05) is 47.5 Å². The highest BCUT2D eigenvalue weighted by Gasteiger charge is 2.15. The lowest BCUT2D eigenvalue weighted by molar-refractivity contribution is 0.156. The lowest BCUT2D eigenvalue weighted by Crippen LogP contribution is -2.26. The number of halogens is 2. The molecule has 0 saturated heterocycles. The second kappa shape index (κ2) is 6.85. The zero-order valence-corrected chi connectivity index (χ0v) is 14.4. The lowest BCUT2D eigenvalue weighted by Gasteiger charge is -2.13. The number of hydrogen-bond donors (Lipinski definition) is 2. The van der Waals surface area contributed by atoms with Gasteiger partial charge in [0.2, 0.25) is 5.62 Å². The molecule has 1 aromatic heterocycles. The molecule has 2 N–H and O–H groups in total. The molecule has 0 spiro atoms. The molecule has 0 aliphatic heterocycles. The molecule has 0 bridgehead atoms. The number of fused-ring (bicyclic) bond motifs is 1. The van der Waals surface area contributed by atoms with E-state index in [0.717, 1.165) is 11.0 Å². The second-order valence-corrected chi connectivity index (χ2v) is 6.33. The summed E-state index contributed by atoms with van der Waals surface area (Å²) in [7, 11) is 0. The van der Waals surface area contributed by atoms with Gasteiger partial charge in [0, 0.05) is 6.54 Å². The first-order valence-corrected chi connectivity index (χ1v) is 8.25. The molecule has 0 unspecified atom stereocenters. The molecule has 6 heteroatoms. The summed E-state index contributed by atoms with van der Waals surface area (Å²) in [5, 5.41) is 19.9. The van der Waals surface area contributed by atoms with Crippen molar-refractivity contribution in [3.8, 4) is 0 Å². The predicted molar refractivity (Wildman–Crippen MR) is 97.4 cm³/mol. The molecule has 1 heterocycles. The summed E-state index contributed by atoms with van der Waals surface area (Å²) >= 11 is 12.0. The minimum atomic E-state index is -0.795. The van der Waals surface area contributed by atoms with Gasteiger partial charge in [-0.25, -0.2) is 0 Å². The van der Waals surface area contributed by atoms with Gasteiger partial charge in [0.05, 0.1) is 33.7 Å². The highest BCUT2D eigenvalue weighted by molar-refractivity contribution is 6.42. The fourth-order valence-corrected chi connectivity index (χ4v) is 3.10. The number of rotatable bonds is 5. The Labute approximate surface area is 149 Å². The molecule has 24 heavy (non-hydrogen) atoms. The van der Waals surface area contributed by atoms with Gasteiger partial charge in [-0.05, 0) is 29.8 Å². The Kier molecular flexibility index (Phi) is 4.81. The number of aliphatic hydroxyl groups is 1. The van der Waals surface area contributed by atoms with E-state index in [4.69, 9.17) is 28.6 Å². The van der Waals surface area contributed by atoms with Gasteiger partial charge < -0.3 is 14.2 Å². The van der Waals surface area contributed by atoms with E-state index >= 15 is 0 Å². The van der Waals surface area contributed by atoms with Crippen LogP contribution in [-0.2, 0) is 13.1 Å². The van der Waals surface area contributed by atoms with Crippen molar-refractivity contribution in [3.05, 3.63) is 76.3 Å². The molecular weight excluding hydrogens is 345 g/mol. The van der Waals surface area contributed by atoms with Crippen LogP contribution in [0.1, 0.15) is 11.7 Å². The van der Waals surface area contributed by atoms with E-state index in [-0.39, 0.29) is 6.54 Å². The maximum atomic E-state index is 10.6. The molecular formula is C18H17Cl2N3O. The SMILES string of the molecule is C=CCn1c(=N)n(C[C@H](O)c2ccc(Cl)c(Cl)c2)c2ccccc21. The summed E-state index contributed by atoms with van der Waals surface area (Å²) in [6.45, 7) is 4.54. The van der Waals surface area contributed by atoms with Crippen molar-refractivity contribution in [2.24, 2.45) is 0 Å². The van der Waals surface area contributed by atoms with Crippen LogP contribution in [0.15, 0.2) is 55.1 Å². The molecule has 124 valence electrons. The Morgan fingerprint density at radius 3 is 2.38 bits per heavy atom. The topological polar surface area (TPSA) is 53.9 Å². The number of aromatic nitrogens is 2. The minimum absolute atomic E-state index is 0.251. The standard InChI is InChI=1S/C18H17Cl2N3O/c1-2-9-22-15-5-3-4-6-16(15)23(18(22)21)11-17(24)12-7-8-13(19)14(20)10-12/h2-8,10,17,21,24H,1,9,11H2/t17-/m0/s1. The summed E-state index contributed by atoms with van der Waals surface area (Å²) in [5.41, 5.74) is 2.80. The Balaban J connectivity index is 2.03. The van der Waals surface area contributed by atoms with Crippen molar-refractivity contribution in [1.82, 2.24) is 9.13 Å². The number of aliphatic hydroxyl groups excluding tert-OH is 1. The maximum Gasteiger partial charge on any atom is 0.203 e. The van der Waals surface area contributed by atoms with E-state index in [1.54, 1.807) is 28.8 Å². The van der Waals surface area contributed by atoms with Crippen LogP contribution in [0.2, 0.25) is 10.0 Å². The van der Waals surface area contributed by atoms with Gasteiger partial charge in [0.15, 0.2) is 0 Å². The predicted octanol–water partition coefficient (Wildman–Crippen LogP) is 4.15. The summed E-state index contributed by atoms with van der Waals surface area (Å²) < 4.78 is 3.63. The smallest absolute Gasteiger partial charge is 0.203 e. The third-order valence-corrected chi connectivity index (χ3v) is 4.71. The molecule has 0 radical (unpaired) electrons. The van der Waals surface area contributed by atoms with Crippen LogP contribution in [-0.4, -0.2) is 14.2 Å². The minimum Gasteiger partial charge on any atom is -0.387 e. The van der Waals surface area contributed by atoms with Gasteiger partial charge >= 0.3 is 0 Å². The van der Waals surface area contributed by atoms with Gasteiger partial charge in [0.25, 0.3) is 0 Å². The lowest BCUT2D eigenvalue weighted by atomic mass is 10.1. The zero-order valence-electron chi connectivity index (χ0n) is 12.9. The molecule has 3 rings (SSSR count). The van der Waals surface area contributed by atoms with Gasteiger partial charge in [0.1, 0.15) is 0 Å². The van der Waals surface area contributed by atoms with E-state index in [0.29, 0.717) is 27.8 Å². The van der Waals surface area contributed by atoms with E-state index in [2.05, 4.69) is 6.58 Å². The van der Waals surface area contributed by atoms with Crippen LogP contribution >= 0.6 is 23.2 Å². The fraction of sp³-hybridized carbons (Fsp3) is 0.167. The van der Waals surface area contributed by atoms with Crippen LogP contribution in [0.5, 0.6) is 0 Å². The largest absolute Gasteiger partial charge is 0.387 e. The van der Waals surface area contributed by atoms with Crippen molar-refractivity contribution < 1.29 is 5.11 Å². The van der Waals surface area contributed by atoms with Crippen LogP contribution in [0.25, 0.3) is 11.0 Å². The maximum absolute atomic E-state index is 10.6. The van der Waals surface area contributed by atoms with Crippen molar-refractivity contribution in [1.29, 1.82) is 5.41 Å². The van der Waals surface area contributed by atoms with Crippen LogP contribution in [0.3, 0.4) is 0 Å². The van der Waals surface area contributed by atoms with Crippen molar-refractivity contribution in [2.75, 3.05) is 0 Å². The van der Waals surface area contributed by atoms with Crippen LogP contribution < -0.4 is 5.62 Å². The molecule has 4 nitrogen and oxygen atoms in total. The monoisotopic (exact) mass is 361 g/mol. The summed E-state index contributed by atoms with van der Waals surface area (Å²) in [6.07, 6.45) is 0.960. The number of imidazole rings is 1. The number of benzene rings is 2. The van der Waals surface area contributed by atoms with Gasteiger partial charge in [-0.2, -0.15) is 0 Å². The summed E-state index contributed by atoms with van der Waals surface area (Å²) in [5.74, 6) is 0.